The lowest BCUT2D eigenvalue weighted by Gasteiger charge is -2.12. The van der Waals surface area contributed by atoms with E-state index >= 15 is 0 Å². The summed E-state index contributed by atoms with van der Waals surface area (Å²) in [6.45, 7) is 11.0. The summed E-state index contributed by atoms with van der Waals surface area (Å²) < 4.78 is 5.52. The highest BCUT2D eigenvalue weighted by Crippen LogP contribution is 2.17. The Hall–Kier alpha value is -1.36. The zero-order chi connectivity index (χ0) is 14.8. The zero-order valence-corrected chi connectivity index (χ0v) is 13.2. The fourth-order valence-electron chi connectivity index (χ4n) is 1.80. The Kier molecular flexibility index (Phi) is 7.95. The smallest absolute Gasteiger partial charge is 0.134 e. The minimum Gasteiger partial charge on any atom is -0.379 e. The van der Waals surface area contributed by atoms with Crippen LogP contribution in [-0.4, -0.2) is 35.8 Å². The van der Waals surface area contributed by atoms with E-state index in [1.54, 1.807) is 6.33 Å². The average Bonchev–Trinajstić information content (AvgIpc) is 2.42. The molecule has 0 saturated heterocycles. The van der Waals surface area contributed by atoms with E-state index in [0.29, 0.717) is 6.10 Å². The molecular formula is C15H28N4O. The van der Waals surface area contributed by atoms with Crippen LogP contribution in [0.25, 0.3) is 0 Å². The number of hydrogen-bond donors (Lipinski definition) is 2. The molecule has 20 heavy (non-hydrogen) atoms. The highest BCUT2D eigenvalue weighted by molar-refractivity contribution is 5.56. The van der Waals surface area contributed by atoms with Crippen LogP contribution in [0.2, 0.25) is 0 Å². The van der Waals surface area contributed by atoms with E-state index in [2.05, 4.69) is 41.4 Å². The summed E-state index contributed by atoms with van der Waals surface area (Å²) in [6.07, 6.45) is 5.15. The standard InChI is InChI=1S/C15H28N4O/c1-5-8-16-14-13(4)15(19-11-18-14)17-9-6-7-10-20-12(2)3/h11-12H,5-10H2,1-4H3,(H2,16,17,18,19). The molecule has 0 aliphatic carbocycles. The first kappa shape index (κ1) is 16.7. The molecule has 1 aromatic heterocycles. The van der Waals surface area contributed by atoms with Gasteiger partial charge in [-0.2, -0.15) is 0 Å². The highest BCUT2D eigenvalue weighted by atomic mass is 16.5. The van der Waals surface area contributed by atoms with E-state index in [9.17, 15) is 0 Å². The van der Waals surface area contributed by atoms with Gasteiger partial charge in [0.1, 0.15) is 18.0 Å². The van der Waals surface area contributed by atoms with Gasteiger partial charge in [-0.3, -0.25) is 0 Å². The third-order valence-electron chi connectivity index (χ3n) is 2.94. The maximum Gasteiger partial charge on any atom is 0.134 e. The highest BCUT2D eigenvalue weighted by Gasteiger charge is 2.05. The first-order chi connectivity index (χ1) is 9.65. The summed E-state index contributed by atoms with van der Waals surface area (Å²) in [5.74, 6) is 1.84. The molecule has 0 aromatic carbocycles. The molecule has 0 unspecified atom stereocenters. The molecule has 0 spiro atoms. The lowest BCUT2D eigenvalue weighted by Crippen LogP contribution is -2.10. The summed E-state index contributed by atoms with van der Waals surface area (Å²) in [4.78, 5) is 8.57. The third kappa shape index (κ3) is 6.19. The van der Waals surface area contributed by atoms with Crippen molar-refractivity contribution in [1.29, 1.82) is 0 Å². The van der Waals surface area contributed by atoms with Crippen molar-refractivity contribution in [2.24, 2.45) is 0 Å². The number of nitrogens with zero attached hydrogens (tertiary/aromatic N) is 2. The summed E-state index contributed by atoms with van der Waals surface area (Å²) in [6, 6.07) is 0. The van der Waals surface area contributed by atoms with Crippen LogP contribution >= 0.6 is 0 Å². The minimum atomic E-state index is 0.319. The molecule has 1 rings (SSSR count). The number of nitrogens with one attached hydrogen (secondary N) is 2. The Morgan fingerprint density at radius 2 is 1.75 bits per heavy atom. The monoisotopic (exact) mass is 280 g/mol. The minimum absolute atomic E-state index is 0.319. The first-order valence-electron chi connectivity index (χ1n) is 7.56. The lowest BCUT2D eigenvalue weighted by atomic mass is 10.2. The van der Waals surface area contributed by atoms with Gasteiger partial charge in [0.2, 0.25) is 0 Å². The van der Waals surface area contributed by atoms with E-state index in [0.717, 1.165) is 56.2 Å². The van der Waals surface area contributed by atoms with Crippen LogP contribution in [0.3, 0.4) is 0 Å². The summed E-state index contributed by atoms with van der Waals surface area (Å²) in [7, 11) is 0. The topological polar surface area (TPSA) is 59.1 Å². The Balaban J connectivity index is 2.32. The fourth-order valence-corrected chi connectivity index (χ4v) is 1.80. The molecule has 0 saturated carbocycles. The van der Waals surface area contributed by atoms with Crippen LogP contribution in [0.4, 0.5) is 11.6 Å². The van der Waals surface area contributed by atoms with Crippen molar-refractivity contribution in [3.8, 4) is 0 Å². The molecule has 114 valence electrons. The van der Waals surface area contributed by atoms with Gasteiger partial charge in [0.05, 0.1) is 6.10 Å². The number of anilines is 2. The Labute approximate surface area is 122 Å². The van der Waals surface area contributed by atoms with Gasteiger partial charge in [0, 0.05) is 25.3 Å². The molecule has 0 amide bonds. The lowest BCUT2D eigenvalue weighted by molar-refractivity contribution is 0.0765. The van der Waals surface area contributed by atoms with Gasteiger partial charge in [-0.1, -0.05) is 6.92 Å². The predicted molar refractivity (Wildman–Crippen MR) is 84.4 cm³/mol. The Bertz CT molecular complexity index is 382. The average molecular weight is 280 g/mol. The number of unbranched alkanes of at least 4 members (excludes halogenated alkanes) is 1. The summed E-state index contributed by atoms with van der Waals surface area (Å²) in [5, 5.41) is 6.69. The van der Waals surface area contributed by atoms with Gasteiger partial charge in [0.25, 0.3) is 0 Å². The normalized spacial score (nSPS) is 10.8. The molecule has 1 heterocycles. The van der Waals surface area contributed by atoms with Crippen LogP contribution in [0.1, 0.15) is 45.6 Å². The van der Waals surface area contributed by atoms with Crippen LogP contribution in [0.5, 0.6) is 0 Å². The van der Waals surface area contributed by atoms with Crippen molar-refractivity contribution in [3.63, 3.8) is 0 Å². The van der Waals surface area contributed by atoms with Crippen LogP contribution < -0.4 is 10.6 Å². The number of ether oxygens (including phenoxy) is 1. The second kappa shape index (κ2) is 9.53. The molecule has 2 N–H and O–H groups in total. The van der Waals surface area contributed by atoms with E-state index in [1.165, 1.54) is 0 Å². The molecule has 5 heteroatoms. The maximum absolute atomic E-state index is 5.52. The van der Waals surface area contributed by atoms with Crippen LogP contribution in [0.15, 0.2) is 6.33 Å². The molecule has 0 atom stereocenters. The first-order valence-corrected chi connectivity index (χ1v) is 7.56. The van der Waals surface area contributed by atoms with Gasteiger partial charge < -0.3 is 15.4 Å². The molecule has 0 aliphatic rings. The molecule has 1 aromatic rings. The molecule has 0 radical (unpaired) electrons. The van der Waals surface area contributed by atoms with Gasteiger partial charge in [0.15, 0.2) is 0 Å². The van der Waals surface area contributed by atoms with Gasteiger partial charge >= 0.3 is 0 Å². The van der Waals surface area contributed by atoms with Crippen molar-refractivity contribution in [3.05, 3.63) is 11.9 Å². The van der Waals surface area contributed by atoms with Crippen molar-refractivity contribution in [2.45, 2.75) is 53.1 Å². The summed E-state index contributed by atoms with van der Waals surface area (Å²) in [5.41, 5.74) is 1.08. The van der Waals surface area contributed by atoms with Crippen molar-refractivity contribution in [2.75, 3.05) is 30.3 Å². The molecule has 0 bridgehead atoms. The van der Waals surface area contributed by atoms with Gasteiger partial charge in [-0.05, 0) is 40.0 Å². The number of aromatic nitrogens is 2. The van der Waals surface area contributed by atoms with E-state index in [4.69, 9.17) is 4.74 Å². The molecule has 0 aliphatic heterocycles. The number of rotatable bonds is 10. The van der Waals surface area contributed by atoms with E-state index in [1.807, 2.05) is 6.92 Å². The number of hydrogen-bond acceptors (Lipinski definition) is 5. The van der Waals surface area contributed by atoms with Crippen LogP contribution in [0, 0.1) is 6.92 Å². The molecule has 5 nitrogen and oxygen atoms in total. The van der Waals surface area contributed by atoms with Gasteiger partial charge in [-0.25, -0.2) is 9.97 Å². The van der Waals surface area contributed by atoms with E-state index in [-0.39, 0.29) is 0 Å². The quantitative estimate of drug-likeness (QED) is 0.644. The Morgan fingerprint density at radius 3 is 2.35 bits per heavy atom. The van der Waals surface area contributed by atoms with Gasteiger partial charge in [-0.15, -0.1) is 0 Å². The Morgan fingerprint density at radius 1 is 1.10 bits per heavy atom. The third-order valence-corrected chi connectivity index (χ3v) is 2.94. The second-order valence-corrected chi connectivity index (χ2v) is 5.18. The van der Waals surface area contributed by atoms with Crippen LogP contribution in [-0.2, 0) is 4.74 Å². The largest absolute Gasteiger partial charge is 0.379 e. The SMILES string of the molecule is CCCNc1ncnc(NCCCCOC(C)C)c1C. The predicted octanol–water partition coefficient (Wildman–Crippen LogP) is 3.22. The molecule has 0 fully saturated rings. The maximum atomic E-state index is 5.52. The fraction of sp³-hybridized carbons (Fsp3) is 0.733. The van der Waals surface area contributed by atoms with E-state index < -0.39 is 0 Å². The zero-order valence-electron chi connectivity index (χ0n) is 13.2. The molecular weight excluding hydrogens is 252 g/mol. The second-order valence-electron chi connectivity index (χ2n) is 5.18. The van der Waals surface area contributed by atoms with Crippen molar-refractivity contribution in [1.82, 2.24) is 9.97 Å². The van der Waals surface area contributed by atoms with Crippen molar-refractivity contribution < 1.29 is 4.74 Å². The summed E-state index contributed by atoms with van der Waals surface area (Å²) >= 11 is 0. The van der Waals surface area contributed by atoms with Crippen molar-refractivity contribution >= 4 is 11.6 Å².